The van der Waals surface area contributed by atoms with Crippen molar-refractivity contribution in [1.29, 1.82) is 0 Å². The SMILES string of the molecule is CCSN1CCC(N(C)C(=O)Nc2ccc(-c3ccc(Cl)s3)nc2)CC1. The van der Waals surface area contributed by atoms with E-state index < -0.39 is 0 Å². The predicted octanol–water partition coefficient (Wildman–Crippen LogP) is 5.06. The number of hydrogen-bond donors (Lipinski definition) is 1. The first-order valence-electron chi connectivity index (χ1n) is 8.70. The Balaban J connectivity index is 1.54. The maximum absolute atomic E-state index is 12.5. The molecule has 2 aromatic heterocycles. The van der Waals surface area contributed by atoms with E-state index in [1.807, 2.05) is 48.2 Å². The minimum atomic E-state index is -0.0830. The van der Waals surface area contributed by atoms with Gasteiger partial charge in [0.05, 0.1) is 26.8 Å². The van der Waals surface area contributed by atoms with E-state index in [1.54, 1.807) is 6.20 Å². The molecule has 3 heterocycles. The number of urea groups is 1. The number of carbonyl (C=O) groups excluding carboxylic acids is 1. The fraction of sp³-hybridized carbons (Fsp3) is 0.444. The number of piperidine rings is 1. The molecule has 0 saturated carbocycles. The lowest BCUT2D eigenvalue weighted by Gasteiger charge is -2.35. The minimum absolute atomic E-state index is 0.0830. The van der Waals surface area contributed by atoms with Crippen molar-refractivity contribution in [3.63, 3.8) is 0 Å². The molecule has 26 heavy (non-hydrogen) atoms. The normalized spacial score (nSPS) is 15.8. The molecule has 0 aliphatic carbocycles. The second-order valence-electron chi connectivity index (χ2n) is 6.15. The third-order valence-electron chi connectivity index (χ3n) is 4.44. The van der Waals surface area contributed by atoms with Gasteiger partial charge in [0.2, 0.25) is 0 Å². The Morgan fingerprint density at radius 2 is 2.15 bits per heavy atom. The summed E-state index contributed by atoms with van der Waals surface area (Å²) in [6.07, 6.45) is 3.70. The number of hydrogen-bond acceptors (Lipinski definition) is 5. The van der Waals surface area contributed by atoms with Gasteiger partial charge in [-0.15, -0.1) is 11.3 Å². The first-order chi connectivity index (χ1) is 12.6. The Kier molecular flexibility index (Phi) is 6.80. The third-order valence-corrected chi connectivity index (χ3v) is 6.69. The van der Waals surface area contributed by atoms with Crippen molar-refractivity contribution in [3.8, 4) is 10.6 Å². The van der Waals surface area contributed by atoms with Crippen LogP contribution in [0.15, 0.2) is 30.5 Å². The first-order valence-corrected chi connectivity index (χ1v) is 10.8. The standard InChI is InChI=1S/C18H23ClN4OS2/c1-3-25-23-10-8-14(9-11-23)22(2)18(24)21-13-4-5-15(20-12-13)16-6-7-17(19)26-16/h4-7,12,14H,3,8-11H2,1-2H3,(H,21,24). The number of nitrogens with zero attached hydrogens (tertiary/aromatic N) is 3. The molecule has 0 radical (unpaired) electrons. The molecule has 2 amide bonds. The fourth-order valence-corrected chi connectivity index (χ4v) is 4.84. The summed E-state index contributed by atoms with van der Waals surface area (Å²) in [5.41, 5.74) is 1.56. The van der Waals surface area contributed by atoms with Gasteiger partial charge in [-0.2, -0.15) is 0 Å². The second kappa shape index (κ2) is 9.08. The molecule has 8 heteroatoms. The number of amides is 2. The van der Waals surface area contributed by atoms with E-state index in [0.717, 1.165) is 46.6 Å². The summed E-state index contributed by atoms with van der Waals surface area (Å²) in [5, 5.41) is 2.94. The molecule has 3 rings (SSSR count). The number of anilines is 1. The summed E-state index contributed by atoms with van der Waals surface area (Å²) >= 11 is 9.34. The molecular weight excluding hydrogens is 388 g/mol. The van der Waals surface area contributed by atoms with Crippen LogP contribution in [-0.2, 0) is 0 Å². The molecule has 0 aromatic carbocycles. The molecule has 1 aliphatic rings. The Morgan fingerprint density at radius 3 is 2.73 bits per heavy atom. The number of thiophene rings is 1. The summed E-state index contributed by atoms with van der Waals surface area (Å²) in [6, 6.07) is 7.79. The predicted molar refractivity (Wildman–Crippen MR) is 112 cm³/mol. The van der Waals surface area contributed by atoms with Gasteiger partial charge in [-0.1, -0.05) is 30.5 Å². The summed E-state index contributed by atoms with van der Waals surface area (Å²) in [5.74, 6) is 1.10. The van der Waals surface area contributed by atoms with Gasteiger partial charge < -0.3 is 10.2 Å². The molecule has 1 N–H and O–H groups in total. The molecule has 0 unspecified atom stereocenters. The maximum Gasteiger partial charge on any atom is 0.321 e. The van der Waals surface area contributed by atoms with Crippen molar-refractivity contribution >= 4 is 46.6 Å². The van der Waals surface area contributed by atoms with E-state index in [-0.39, 0.29) is 12.1 Å². The zero-order valence-electron chi connectivity index (χ0n) is 14.9. The molecule has 0 atom stereocenters. The highest BCUT2D eigenvalue weighted by Crippen LogP contribution is 2.30. The smallest absolute Gasteiger partial charge is 0.321 e. The monoisotopic (exact) mass is 410 g/mol. The van der Waals surface area contributed by atoms with Crippen LogP contribution in [0.25, 0.3) is 10.6 Å². The number of pyridine rings is 1. The molecule has 1 saturated heterocycles. The second-order valence-corrected chi connectivity index (χ2v) is 9.22. The molecule has 5 nitrogen and oxygen atoms in total. The van der Waals surface area contributed by atoms with Crippen LogP contribution in [-0.4, -0.2) is 52.2 Å². The number of nitrogens with one attached hydrogen (secondary N) is 1. The zero-order valence-corrected chi connectivity index (χ0v) is 17.3. The van der Waals surface area contributed by atoms with Crippen LogP contribution in [0.5, 0.6) is 0 Å². The fourth-order valence-electron chi connectivity index (χ4n) is 2.98. The quantitative estimate of drug-likeness (QED) is 0.700. The van der Waals surface area contributed by atoms with Gasteiger partial charge in [0.1, 0.15) is 0 Å². The number of rotatable bonds is 5. The number of aromatic nitrogens is 1. The van der Waals surface area contributed by atoms with Crippen LogP contribution in [0.1, 0.15) is 19.8 Å². The zero-order chi connectivity index (χ0) is 18.5. The van der Waals surface area contributed by atoms with E-state index in [4.69, 9.17) is 11.6 Å². The number of carbonyl (C=O) groups is 1. The van der Waals surface area contributed by atoms with E-state index in [0.29, 0.717) is 5.69 Å². The van der Waals surface area contributed by atoms with E-state index in [1.165, 1.54) is 11.3 Å². The summed E-state index contributed by atoms with van der Waals surface area (Å²) in [4.78, 5) is 19.8. The molecular formula is C18H23ClN4OS2. The van der Waals surface area contributed by atoms with E-state index >= 15 is 0 Å². The molecule has 0 bridgehead atoms. The van der Waals surface area contributed by atoms with Gasteiger partial charge >= 0.3 is 6.03 Å². The molecule has 1 aliphatic heterocycles. The molecule has 1 fully saturated rings. The van der Waals surface area contributed by atoms with Crippen molar-refractivity contribution in [2.24, 2.45) is 0 Å². The third kappa shape index (κ3) is 4.91. The largest absolute Gasteiger partial charge is 0.325 e. The lowest BCUT2D eigenvalue weighted by molar-refractivity contribution is 0.176. The van der Waals surface area contributed by atoms with Crippen LogP contribution in [0, 0.1) is 0 Å². The molecule has 2 aromatic rings. The Morgan fingerprint density at radius 1 is 1.38 bits per heavy atom. The summed E-state index contributed by atoms with van der Waals surface area (Å²) < 4.78 is 3.13. The Labute approximate surface area is 167 Å². The maximum atomic E-state index is 12.5. The van der Waals surface area contributed by atoms with Crippen LogP contribution in [0.3, 0.4) is 0 Å². The lowest BCUT2D eigenvalue weighted by atomic mass is 10.1. The van der Waals surface area contributed by atoms with Crippen molar-refractivity contribution in [2.45, 2.75) is 25.8 Å². The first kappa shape index (κ1) is 19.5. The van der Waals surface area contributed by atoms with Gasteiger partial charge in [-0.25, -0.2) is 4.79 Å². The Hall–Kier alpha value is -1.28. The number of halogens is 1. The van der Waals surface area contributed by atoms with Crippen LogP contribution in [0.4, 0.5) is 10.5 Å². The van der Waals surface area contributed by atoms with E-state index in [9.17, 15) is 4.79 Å². The van der Waals surface area contributed by atoms with Crippen LogP contribution >= 0.6 is 34.9 Å². The van der Waals surface area contributed by atoms with Crippen LogP contribution < -0.4 is 5.32 Å². The van der Waals surface area contributed by atoms with Crippen molar-refractivity contribution in [2.75, 3.05) is 31.2 Å². The highest BCUT2D eigenvalue weighted by Gasteiger charge is 2.25. The van der Waals surface area contributed by atoms with Crippen LogP contribution in [0.2, 0.25) is 4.34 Å². The van der Waals surface area contributed by atoms with Crippen molar-refractivity contribution in [3.05, 3.63) is 34.8 Å². The average molecular weight is 411 g/mol. The lowest BCUT2D eigenvalue weighted by Crippen LogP contribution is -2.45. The Bertz CT molecular complexity index is 729. The van der Waals surface area contributed by atoms with Gasteiger partial charge in [-0.05, 0) is 37.1 Å². The van der Waals surface area contributed by atoms with Gasteiger partial charge in [0.25, 0.3) is 0 Å². The molecule has 0 spiro atoms. The van der Waals surface area contributed by atoms with Crippen molar-refractivity contribution < 1.29 is 4.79 Å². The van der Waals surface area contributed by atoms with Crippen molar-refractivity contribution in [1.82, 2.24) is 14.2 Å². The topological polar surface area (TPSA) is 48.5 Å². The summed E-state index contributed by atoms with van der Waals surface area (Å²) in [6.45, 7) is 4.23. The molecule has 140 valence electrons. The average Bonchev–Trinajstić information content (AvgIpc) is 3.09. The highest BCUT2D eigenvalue weighted by molar-refractivity contribution is 7.96. The van der Waals surface area contributed by atoms with Gasteiger partial charge in [0, 0.05) is 31.9 Å². The van der Waals surface area contributed by atoms with E-state index in [2.05, 4.69) is 21.5 Å². The van der Waals surface area contributed by atoms with Gasteiger partial charge in [-0.3, -0.25) is 9.29 Å². The minimum Gasteiger partial charge on any atom is -0.325 e. The summed E-state index contributed by atoms with van der Waals surface area (Å²) in [7, 11) is 1.87. The van der Waals surface area contributed by atoms with Gasteiger partial charge in [0.15, 0.2) is 0 Å². The highest BCUT2D eigenvalue weighted by atomic mass is 35.5.